The molecule has 3 rings (SSSR count). The van der Waals surface area contributed by atoms with Gasteiger partial charge in [0.1, 0.15) is 0 Å². The highest BCUT2D eigenvalue weighted by Crippen LogP contribution is 2.35. The largest absolute Gasteiger partial charge is 0.349 e. The number of nitrogens with one attached hydrogen (secondary N) is 1. The van der Waals surface area contributed by atoms with Crippen molar-refractivity contribution in [3.8, 4) is 0 Å². The Bertz CT molecular complexity index is 765. The molecule has 1 aromatic carbocycles. The van der Waals surface area contributed by atoms with Gasteiger partial charge in [-0.3, -0.25) is 4.79 Å². The fourth-order valence-corrected chi connectivity index (χ4v) is 2.91. The highest BCUT2D eigenvalue weighted by atomic mass is 79.9. The minimum atomic E-state index is -2.72. The molecule has 126 valence electrons. The number of carbonyl (C=O) groups excluding carboxylic acids is 1. The normalized spacial score (nSPS) is 16.2. The Balaban J connectivity index is 1.88. The first-order valence-corrected chi connectivity index (χ1v) is 8.30. The number of aromatic nitrogens is 1. The summed E-state index contributed by atoms with van der Waals surface area (Å²) in [6.07, 6.45) is 1.36. The first-order chi connectivity index (χ1) is 11.4. The summed E-state index contributed by atoms with van der Waals surface area (Å²) in [4.78, 5) is 18.2. The van der Waals surface area contributed by atoms with E-state index in [1.807, 2.05) is 6.92 Å². The number of halogens is 3. The van der Waals surface area contributed by atoms with E-state index in [1.54, 1.807) is 36.5 Å². The van der Waals surface area contributed by atoms with E-state index in [4.69, 9.17) is 0 Å². The van der Waals surface area contributed by atoms with Crippen molar-refractivity contribution in [2.75, 3.05) is 23.3 Å². The third-order valence-electron chi connectivity index (χ3n) is 3.95. The molecule has 1 fully saturated rings. The molecule has 1 N–H and O–H groups in total. The van der Waals surface area contributed by atoms with Crippen molar-refractivity contribution in [2.24, 2.45) is 0 Å². The number of aryl methyl sites for hydroxylation is 1. The van der Waals surface area contributed by atoms with Gasteiger partial charge in [-0.05, 0) is 42.8 Å². The monoisotopic (exact) mass is 395 g/mol. The van der Waals surface area contributed by atoms with Crippen LogP contribution in [-0.4, -0.2) is 29.9 Å². The van der Waals surface area contributed by atoms with E-state index in [0.717, 1.165) is 10.0 Å². The van der Waals surface area contributed by atoms with Crippen LogP contribution in [0.15, 0.2) is 41.0 Å². The number of hydrogen-bond donors (Lipinski definition) is 1. The maximum atomic E-state index is 13.5. The zero-order chi connectivity index (χ0) is 17.3. The van der Waals surface area contributed by atoms with Crippen LogP contribution < -0.4 is 10.2 Å². The van der Waals surface area contributed by atoms with Crippen molar-refractivity contribution in [2.45, 2.75) is 19.3 Å². The van der Waals surface area contributed by atoms with Crippen LogP contribution >= 0.6 is 15.9 Å². The van der Waals surface area contributed by atoms with Gasteiger partial charge in [-0.1, -0.05) is 15.9 Å². The van der Waals surface area contributed by atoms with Crippen molar-refractivity contribution in [1.29, 1.82) is 0 Å². The second-order valence-electron chi connectivity index (χ2n) is 5.81. The van der Waals surface area contributed by atoms with Crippen LogP contribution in [0.25, 0.3) is 0 Å². The van der Waals surface area contributed by atoms with Gasteiger partial charge in [-0.25, -0.2) is 13.8 Å². The summed E-state index contributed by atoms with van der Waals surface area (Å²) in [6.45, 7) is 1.64. The van der Waals surface area contributed by atoms with E-state index in [1.165, 1.54) is 4.90 Å². The molecule has 0 bridgehead atoms. The fraction of sp³-hybridized carbons (Fsp3) is 0.294. The molecule has 1 aliphatic heterocycles. The van der Waals surface area contributed by atoms with Gasteiger partial charge >= 0.3 is 0 Å². The predicted octanol–water partition coefficient (Wildman–Crippen LogP) is 4.25. The molecular formula is C17H16BrF2N3O. The lowest BCUT2D eigenvalue weighted by Gasteiger charge is -2.22. The number of alkyl halides is 2. The van der Waals surface area contributed by atoms with Gasteiger partial charge in [0.05, 0.1) is 12.2 Å². The van der Waals surface area contributed by atoms with Crippen LogP contribution in [0.5, 0.6) is 0 Å². The van der Waals surface area contributed by atoms with Crippen LogP contribution in [0.2, 0.25) is 0 Å². The topological polar surface area (TPSA) is 45.2 Å². The molecule has 0 unspecified atom stereocenters. The molecule has 1 aliphatic rings. The maximum Gasteiger partial charge on any atom is 0.266 e. The lowest BCUT2D eigenvalue weighted by molar-refractivity contribution is 0.0257. The second-order valence-corrected chi connectivity index (χ2v) is 6.73. The lowest BCUT2D eigenvalue weighted by Crippen LogP contribution is -2.27. The Morgan fingerprint density at radius 3 is 2.62 bits per heavy atom. The zero-order valence-electron chi connectivity index (χ0n) is 13.0. The number of anilines is 2. The summed E-state index contributed by atoms with van der Waals surface area (Å²) in [6, 6.07) is 8.67. The zero-order valence-corrected chi connectivity index (χ0v) is 14.6. The van der Waals surface area contributed by atoms with Crippen molar-refractivity contribution in [3.05, 3.63) is 52.1 Å². The van der Waals surface area contributed by atoms with E-state index in [0.29, 0.717) is 17.1 Å². The fourth-order valence-electron chi connectivity index (χ4n) is 2.64. The van der Waals surface area contributed by atoms with Crippen molar-refractivity contribution < 1.29 is 13.6 Å². The first kappa shape index (κ1) is 16.8. The number of hydrogen-bond acceptors (Lipinski definition) is 3. The van der Waals surface area contributed by atoms with Gasteiger partial charge < -0.3 is 10.2 Å². The van der Waals surface area contributed by atoms with Crippen molar-refractivity contribution in [3.63, 3.8) is 0 Å². The van der Waals surface area contributed by atoms with Crippen LogP contribution in [-0.2, 0) is 0 Å². The van der Waals surface area contributed by atoms with Gasteiger partial charge in [0.25, 0.3) is 11.8 Å². The third kappa shape index (κ3) is 3.56. The highest BCUT2D eigenvalue weighted by molar-refractivity contribution is 9.10. The number of benzene rings is 1. The summed E-state index contributed by atoms with van der Waals surface area (Å²) in [5.41, 5.74) is 1.74. The van der Waals surface area contributed by atoms with E-state index in [-0.39, 0.29) is 25.4 Å². The van der Waals surface area contributed by atoms with Crippen LogP contribution in [0, 0.1) is 6.92 Å². The lowest BCUT2D eigenvalue weighted by atomic mass is 10.2. The Morgan fingerprint density at radius 2 is 2.00 bits per heavy atom. The van der Waals surface area contributed by atoms with Gasteiger partial charge in [-0.2, -0.15) is 0 Å². The number of pyridine rings is 1. The number of nitrogens with zero attached hydrogens (tertiary/aromatic N) is 2. The Kier molecular flexibility index (Phi) is 4.54. The third-order valence-corrected chi connectivity index (χ3v) is 4.48. The average Bonchev–Trinajstić information content (AvgIpc) is 2.90. The molecule has 2 aromatic rings. The molecule has 2 heterocycles. The summed E-state index contributed by atoms with van der Waals surface area (Å²) in [5, 5.41) is 2.82. The smallest absolute Gasteiger partial charge is 0.266 e. The van der Waals surface area contributed by atoms with E-state index < -0.39 is 5.92 Å². The predicted molar refractivity (Wildman–Crippen MR) is 92.8 cm³/mol. The summed E-state index contributed by atoms with van der Waals surface area (Å²) >= 11 is 3.32. The average molecular weight is 396 g/mol. The van der Waals surface area contributed by atoms with E-state index >= 15 is 0 Å². The molecule has 0 aliphatic carbocycles. The Morgan fingerprint density at radius 1 is 1.29 bits per heavy atom. The molecular weight excluding hydrogens is 380 g/mol. The SMILES string of the molecule is Cc1ccnc(N2CCC(F)(F)C2)c1NC(=O)c1ccc(Br)cc1. The first-order valence-electron chi connectivity index (χ1n) is 7.51. The molecule has 1 amide bonds. The van der Waals surface area contributed by atoms with Gasteiger partial charge in [-0.15, -0.1) is 0 Å². The Hall–Kier alpha value is -2.02. The quantitative estimate of drug-likeness (QED) is 0.844. The molecule has 24 heavy (non-hydrogen) atoms. The number of amides is 1. The molecule has 1 aromatic heterocycles. The molecule has 0 spiro atoms. The van der Waals surface area contributed by atoms with Crippen molar-refractivity contribution in [1.82, 2.24) is 4.98 Å². The molecule has 0 radical (unpaired) electrons. The molecule has 0 atom stereocenters. The Labute approximate surface area is 147 Å². The summed E-state index contributed by atoms with van der Waals surface area (Å²) in [5.74, 6) is -2.64. The van der Waals surface area contributed by atoms with Crippen LogP contribution in [0.3, 0.4) is 0 Å². The second kappa shape index (κ2) is 6.47. The van der Waals surface area contributed by atoms with Gasteiger partial charge in [0.2, 0.25) is 0 Å². The minimum absolute atomic E-state index is 0.206. The molecule has 0 saturated carbocycles. The minimum Gasteiger partial charge on any atom is -0.349 e. The highest BCUT2D eigenvalue weighted by Gasteiger charge is 2.39. The standard InChI is InChI=1S/C17H16BrF2N3O/c1-11-6-8-21-15(23-9-7-17(19,20)10-23)14(11)22-16(24)12-2-4-13(18)5-3-12/h2-6,8H,7,9-10H2,1H3,(H,22,24). The van der Waals surface area contributed by atoms with Crippen LogP contribution in [0.4, 0.5) is 20.3 Å². The number of carbonyl (C=O) groups is 1. The van der Waals surface area contributed by atoms with Crippen LogP contribution in [0.1, 0.15) is 22.3 Å². The summed E-state index contributed by atoms with van der Waals surface area (Å²) in [7, 11) is 0. The van der Waals surface area contributed by atoms with E-state index in [9.17, 15) is 13.6 Å². The van der Waals surface area contributed by atoms with Gasteiger partial charge in [0.15, 0.2) is 5.82 Å². The summed E-state index contributed by atoms with van der Waals surface area (Å²) < 4.78 is 27.9. The van der Waals surface area contributed by atoms with Crippen molar-refractivity contribution >= 4 is 33.3 Å². The molecule has 4 nitrogen and oxygen atoms in total. The van der Waals surface area contributed by atoms with E-state index in [2.05, 4.69) is 26.2 Å². The van der Waals surface area contributed by atoms with Gasteiger partial charge in [0, 0.05) is 29.2 Å². The maximum absolute atomic E-state index is 13.5. The molecule has 1 saturated heterocycles. The molecule has 7 heteroatoms. The number of rotatable bonds is 3.